The average molecular weight is 254 g/mol. The van der Waals surface area contributed by atoms with E-state index in [1.165, 1.54) is 11.8 Å². The van der Waals surface area contributed by atoms with Gasteiger partial charge >= 0.3 is 0 Å². The molecule has 0 radical (unpaired) electrons. The van der Waals surface area contributed by atoms with Crippen molar-refractivity contribution in [3.63, 3.8) is 0 Å². The lowest BCUT2D eigenvalue weighted by Crippen LogP contribution is -2.38. The van der Waals surface area contributed by atoms with Crippen molar-refractivity contribution < 1.29 is 9.53 Å². The highest BCUT2D eigenvalue weighted by Gasteiger charge is 2.26. The maximum Gasteiger partial charge on any atom is 0.285 e. The average Bonchev–Trinajstić information content (AvgIpc) is 2.69. The van der Waals surface area contributed by atoms with Gasteiger partial charge in [-0.05, 0) is 24.1 Å². The predicted molar refractivity (Wildman–Crippen MR) is 70.0 cm³/mol. The summed E-state index contributed by atoms with van der Waals surface area (Å²) in [4.78, 5) is 18.7. The molecule has 0 aromatic carbocycles. The van der Waals surface area contributed by atoms with Crippen molar-refractivity contribution in [3.05, 3.63) is 11.0 Å². The molecule has 0 aromatic rings. The number of morpholine rings is 1. The summed E-state index contributed by atoms with van der Waals surface area (Å²) in [5, 5.41) is 0.841. The number of rotatable bonds is 2. The van der Waals surface area contributed by atoms with E-state index in [-0.39, 0.29) is 5.91 Å². The summed E-state index contributed by atoms with van der Waals surface area (Å²) in [5.41, 5.74) is 0. The standard InChI is InChI=1S/C12H18N2O2S/c1-9(2)3-4-10-11(15)13-12(17-10)14-5-7-16-8-6-14/h4,9H,3,5-8H2,1-2H3/b10-4-. The maximum atomic E-state index is 11.7. The van der Waals surface area contributed by atoms with Gasteiger partial charge in [-0.3, -0.25) is 4.79 Å². The number of aliphatic imine (C=N–C) groups is 1. The molecule has 0 saturated carbocycles. The molecule has 94 valence electrons. The number of hydrogen-bond donors (Lipinski definition) is 0. The van der Waals surface area contributed by atoms with Crippen LogP contribution in [0.3, 0.4) is 0 Å². The number of thioether (sulfide) groups is 1. The molecule has 0 N–H and O–H groups in total. The van der Waals surface area contributed by atoms with Gasteiger partial charge in [-0.25, -0.2) is 0 Å². The summed E-state index contributed by atoms with van der Waals surface area (Å²) in [6.45, 7) is 7.39. The molecule has 2 rings (SSSR count). The molecule has 1 amide bonds. The summed E-state index contributed by atoms with van der Waals surface area (Å²) in [5.74, 6) is 0.487. The molecule has 2 aliphatic heterocycles. The Balaban J connectivity index is 1.96. The van der Waals surface area contributed by atoms with Crippen LogP contribution < -0.4 is 0 Å². The molecule has 0 aromatic heterocycles. The topological polar surface area (TPSA) is 41.9 Å². The second-order valence-electron chi connectivity index (χ2n) is 4.60. The normalized spacial score (nSPS) is 23.7. The Morgan fingerprint density at radius 3 is 2.82 bits per heavy atom. The summed E-state index contributed by atoms with van der Waals surface area (Å²) in [6, 6.07) is 0. The Morgan fingerprint density at radius 1 is 1.47 bits per heavy atom. The zero-order valence-corrected chi connectivity index (χ0v) is 11.1. The Hall–Kier alpha value is -0.810. The number of amides is 1. The van der Waals surface area contributed by atoms with Crippen LogP contribution in [0.2, 0.25) is 0 Å². The van der Waals surface area contributed by atoms with Crippen molar-refractivity contribution in [3.8, 4) is 0 Å². The lowest BCUT2D eigenvalue weighted by atomic mass is 10.1. The quantitative estimate of drug-likeness (QED) is 0.706. The first-order chi connectivity index (χ1) is 8.16. The molecule has 2 aliphatic rings. The third-order valence-corrected chi connectivity index (χ3v) is 3.76. The SMILES string of the molecule is CC(C)C/C=C1\SC(N2CCOCC2)=NC1=O. The van der Waals surface area contributed by atoms with Gasteiger partial charge in [0, 0.05) is 13.1 Å². The molecular formula is C12H18N2O2S. The first kappa shape index (κ1) is 12.6. The third kappa shape index (κ3) is 3.33. The van der Waals surface area contributed by atoms with Gasteiger partial charge in [-0.15, -0.1) is 0 Å². The Morgan fingerprint density at radius 2 is 2.18 bits per heavy atom. The minimum Gasteiger partial charge on any atom is -0.378 e. The molecular weight excluding hydrogens is 236 g/mol. The second-order valence-corrected chi connectivity index (χ2v) is 5.61. The van der Waals surface area contributed by atoms with Crippen molar-refractivity contribution in [1.82, 2.24) is 4.90 Å². The zero-order chi connectivity index (χ0) is 12.3. The minimum absolute atomic E-state index is 0.0860. The number of carbonyl (C=O) groups is 1. The molecule has 0 spiro atoms. The van der Waals surface area contributed by atoms with Crippen LogP contribution >= 0.6 is 11.8 Å². The Kier molecular flexibility index (Phi) is 4.23. The molecule has 5 heteroatoms. The molecule has 0 unspecified atom stereocenters. The lowest BCUT2D eigenvalue weighted by molar-refractivity contribution is -0.113. The summed E-state index contributed by atoms with van der Waals surface area (Å²) >= 11 is 1.50. The van der Waals surface area contributed by atoms with Gasteiger partial charge < -0.3 is 9.64 Å². The number of allylic oxidation sites excluding steroid dienone is 1. The highest BCUT2D eigenvalue weighted by Crippen LogP contribution is 2.29. The van der Waals surface area contributed by atoms with Crippen LogP contribution in [0.4, 0.5) is 0 Å². The first-order valence-corrected chi connectivity index (χ1v) is 6.82. The van der Waals surface area contributed by atoms with Gasteiger partial charge in [0.05, 0.1) is 18.1 Å². The van der Waals surface area contributed by atoms with Crippen molar-refractivity contribution in [2.24, 2.45) is 10.9 Å². The highest BCUT2D eigenvalue weighted by molar-refractivity contribution is 8.18. The van der Waals surface area contributed by atoms with E-state index in [9.17, 15) is 4.79 Å². The van der Waals surface area contributed by atoms with E-state index in [0.717, 1.165) is 42.8 Å². The van der Waals surface area contributed by atoms with E-state index in [1.54, 1.807) is 0 Å². The van der Waals surface area contributed by atoms with Crippen LogP contribution in [-0.4, -0.2) is 42.3 Å². The molecule has 2 heterocycles. The van der Waals surface area contributed by atoms with Crippen LogP contribution in [0.25, 0.3) is 0 Å². The number of hydrogen-bond acceptors (Lipinski definition) is 4. The van der Waals surface area contributed by atoms with Crippen LogP contribution in [0.15, 0.2) is 16.0 Å². The monoisotopic (exact) mass is 254 g/mol. The number of carbonyl (C=O) groups excluding carboxylic acids is 1. The molecule has 4 nitrogen and oxygen atoms in total. The fourth-order valence-corrected chi connectivity index (χ4v) is 2.62. The van der Waals surface area contributed by atoms with E-state index in [4.69, 9.17) is 4.74 Å². The van der Waals surface area contributed by atoms with E-state index in [2.05, 4.69) is 23.7 Å². The molecule has 1 fully saturated rings. The van der Waals surface area contributed by atoms with Crippen molar-refractivity contribution >= 4 is 22.8 Å². The minimum atomic E-state index is -0.0860. The maximum absolute atomic E-state index is 11.7. The number of nitrogens with zero attached hydrogens (tertiary/aromatic N) is 2. The summed E-state index contributed by atoms with van der Waals surface area (Å²) < 4.78 is 5.29. The van der Waals surface area contributed by atoms with Crippen LogP contribution in [0.5, 0.6) is 0 Å². The van der Waals surface area contributed by atoms with Crippen LogP contribution in [-0.2, 0) is 9.53 Å². The van der Waals surface area contributed by atoms with Crippen molar-refractivity contribution in [2.75, 3.05) is 26.3 Å². The van der Waals surface area contributed by atoms with Crippen LogP contribution in [0, 0.1) is 5.92 Å². The molecule has 0 atom stereocenters. The van der Waals surface area contributed by atoms with Gasteiger partial charge in [0.1, 0.15) is 0 Å². The Labute approximate surface area is 106 Å². The zero-order valence-electron chi connectivity index (χ0n) is 10.3. The van der Waals surface area contributed by atoms with E-state index < -0.39 is 0 Å². The highest BCUT2D eigenvalue weighted by atomic mass is 32.2. The van der Waals surface area contributed by atoms with Crippen molar-refractivity contribution in [1.29, 1.82) is 0 Å². The van der Waals surface area contributed by atoms with Gasteiger partial charge in [-0.1, -0.05) is 19.9 Å². The molecule has 0 bridgehead atoms. The smallest absolute Gasteiger partial charge is 0.285 e. The fourth-order valence-electron chi connectivity index (χ4n) is 1.67. The second kappa shape index (κ2) is 5.69. The van der Waals surface area contributed by atoms with Gasteiger partial charge in [0.15, 0.2) is 5.17 Å². The number of amidine groups is 1. The van der Waals surface area contributed by atoms with E-state index in [1.807, 2.05) is 6.08 Å². The lowest BCUT2D eigenvalue weighted by Gasteiger charge is -2.27. The fraction of sp³-hybridized carbons (Fsp3) is 0.667. The molecule has 1 saturated heterocycles. The molecule has 0 aliphatic carbocycles. The van der Waals surface area contributed by atoms with E-state index in [0.29, 0.717) is 5.92 Å². The Bertz CT molecular complexity index is 358. The first-order valence-electron chi connectivity index (χ1n) is 6.00. The van der Waals surface area contributed by atoms with Crippen LogP contribution in [0.1, 0.15) is 20.3 Å². The predicted octanol–water partition coefficient (Wildman–Crippen LogP) is 1.88. The largest absolute Gasteiger partial charge is 0.378 e. The van der Waals surface area contributed by atoms with Gasteiger partial charge in [0.2, 0.25) is 0 Å². The van der Waals surface area contributed by atoms with Crippen molar-refractivity contribution in [2.45, 2.75) is 20.3 Å². The van der Waals surface area contributed by atoms with Gasteiger partial charge in [0.25, 0.3) is 5.91 Å². The van der Waals surface area contributed by atoms with Gasteiger partial charge in [-0.2, -0.15) is 4.99 Å². The summed E-state index contributed by atoms with van der Waals surface area (Å²) in [7, 11) is 0. The molecule has 17 heavy (non-hydrogen) atoms. The third-order valence-electron chi connectivity index (χ3n) is 2.67. The number of ether oxygens (including phenoxy) is 1. The summed E-state index contributed by atoms with van der Waals surface area (Å²) in [6.07, 6.45) is 2.94. The van der Waals surface area contributed by atoms with E-state index >= 15 is 0 Å².